The van der Waals surface area contributed by atoms with Gasteiger partial charge in [-0.3, -0.25) is 0 Å². The quantitative estimate of drug-likeness (QED) is 0.594. The highest BCUT2D eigenvalue weighted by molar-refractivity contribution is 5.89. The maximum atomic E-state index is 12.3. The molecule has 3 aromatic rings. The molecule has 0 aliphatic rings. The van der Waals surface area contributed by atoms with Gasteiger partial charge in [0.05, 0.1) is 30.7 Å². The van der Waals surface area contributed by atoms with Gasteiger partial charge in [0.25, 0.3) is 0 Å². The number of carbonyl (C=O) groups is 1. The van der Waals surface area contributed by atoms with Gasteiger partial charge in [0.1, 0.15) is 5.75 Å². The summed E-state index contributed by atoms with van der Waals surface area (Å²) in [5, 5.41) is 13.3. The van der Waals surface area contributed by atoms with Crippen molar-refractivity contribution in [2.24, 2.45) is 0 Å². The Morgan fingerprint density at radius 3 is 2.59 bits per heavy atom. The molecule has 0 atom stereocenters. The molecule has 27 heavy (non-hydrogen) atoms. The molecule has 0 saturated carbocycles. The summed E-state index contributed by atoms with van der Waals surface area (Å²) in [7, 11) is 1.64. The lowest BCUT2D eigenvalue weighted by Crippen LogP contribution is -2.16. The van der Waals surface area contributed by atoms with Crippen LogP contribution in [0.25, 0.3) is 16.8 Å². The number of aromatic nitrogens is 4. The minimum atomic E-state index is -0.470. The molecule has 142 valence electrons. The van der Waals surface area contributed by atoms with E-state index in [9.17, 15) is 4.79 Å². The number of benzene rings is 1. The number of methoxy groups -OCH3 is 1. The monoisotopic (exact) mass is 368 g/mol. The Kier molecular flexibility index (Phi) is 5.69. The molecule has 1 aromatic carbocycles. The van der Waals surface area contributed by atoms with E-state index < -0.39 is 5.97 Å². The fourth-order valence-corrected chi connectivity index (χ4v) is 3.18. The Morgan fingerprint density at radius 1 is 1.15 bits per heavy atom. The largest absolute Gasteiger partial charge is 0.496 e. The minimum absolute atomic E-state index is 0.225. The molecular weight excluding hydrogens is 344 g/mol. The molecule has 0 radical (unpaired) electrons. The Balaban J connectivity index is 2.30. The van der Waals surface area contributed by atoms with E-state index in [0.717, 1.165) is 41.1 Å². The van der Waals surface area contributed by atoms with Crippen LogP contribution in [0.1, 0.15) is 49.1 Å². The fraction of sp³-hybridized carbons (Fsp3) is 0.400. The van der Waals surface area contributed by atoms with Gasteiger partial charge < -0.3 is 9.47 Å². The highest BCUT2D eigenvalue weighted by atomic mass is 16.5. The molecule has 0 unspecified atom stereocenters. The van der Waals surface area contributed by atoms with Gasteiger partial charge in [0.15, 0.2) is 11.3 Å². The molecule has 2 aromatic heterocycles. The number of rotatable bonds is 7. The summed E-state index contributed by atoms with van der Waals surface area (Å²) >= 11 is 0. The minimum Gasteiger partial charge on any atom is -0.496 e. The summed E-state index contributed by atoms with van der Waals surface area (Å²) in [6.45, 7) is 6.15. The van der Waals surface area contributed by atoms with Crippen molar-refractivity contribution in [1.82, 2.24) is 19.8 Å². The van der Waals surface area contributed by atoms with Gasteiger partial charge in [-0.1, -0.05) is 38.5 Å². The molecule has 0 aliphatic heterocycles. The van der Waals surface area contributed by atoms with Gasteiger partial charge in [0.2, 0.25) is 0 Å². The average molecular weight is 368 g/mol. The van der Waals surface area contributed by atoms with Crippen LogP contribution in [-0.2, 0) is 17.6 Å². The Bertz CT molecular complexity index is 965. The van der Waals surface area contributed by atoms with Crippen LogP contribution in [0, 0.1) is 0 Å². The van der Waals surface area contributed by atoms with Gasteiger partial charge >= 0.3 is 5.97 Å². The summed E-state index contributed by atoms with van der Waals surface area (Å²) in [5.74, 6) is 0.276. The molecular formula is C20H24N4O3. The molecule has 0 saturated heterocycles. The summed E-state index contributed by atoms with van der Waals surface area (Å²) in [4.78, 5) is 12.3. The Labute approximate surface area is 158 Å². The van der Waals surface area contributed by atoms with E-state index in [4.69, 9.17) is 14.6 Å². The number of aryl methyl sites for hydroxylation is 2. The van der Waals surface area contributed by atoms with Crippen molar-refractivity contribution < 1.29 is 14.3 Å². The normalized spacial score (nSPS) is 11.0. The standard InChI is InChI=1S/C20H24N4O3/c1-5-10-15-18(20(25)27-7-3)21-22-19-17(14(6-2)23-24(15)19)13-11-8-9-12-16(13)26-4/h8-9,11-12H,5-7,10H2,1-4H3. The zero-order chi connectivity index (χ0) is 19.4. The van der Waals surface area contributed by atoms with Gasteiger partial charge in [-0.25, -0.2) is 9.31 Å². The maximum Gasteiger partial charge on any atom is 0.360 e. The summed E-state index contributed by atoms with van der Waals surface area (Å²) in [6.07, 6.45) is 2.21. The van der Waals surface area contributed by atoms with Gasteiger partial charge in [0, 0.05) is 5.56 Å². The van der Waals surface area contributed by atoms with Crippen LogP contribution >= 0.6 is 0 Å². The van der Waals surface area contributed by atoms with Crippen LogP contribution < -0.4 is 4.74 Å². The van der Waals surface area contributed by atoms with Gasteiger partial charge in [-0.2, -0.15) is 5.10 Å². The second-order valence-corrected chi connectivity index (χ2v) is 6.08. The fourth-order valence-electron chi connectivity index (χ4n) is 3.18. The lowest BCUT2D eigenvalue weighted by atomic mass is 10.0. The van der Waals surface area contributed by atoms with E-state index in [2.05, 4.69) is 10.2 Å². The molecule has 0 aliphatic carbocycles. The van der Waals surface area contributed by atoms with Crippen molar-refractivity contribution in [3.05, 3.63) is 41.3 Å². The Morgan fingerprint density at radius 2 is 1.93 bits per heavy atom. The second kappa shape index (κ2) is 8.16. The predicted molar refractivity (Wildman–Crippen MR) is 102 cm³/mol. The van der Waals surface area contributed by atoms with Crippen molar-refractivity contribution in [1.29, 1.82) is 0 Å². The summed E-state index contributed by atoms with van der Waals surface area (Å²) in [6, 6.07) is 7.77. The first-order valence-electron chi connectivity index (χ1n) is 9.23. The van der Waals surface area contributed by atoms with Crippen molar-refractivity contribution in [3.63, 3.8) is 0 Å². The van der Waals surface area contributed by atoms with E-state index >= 15 is 0 Å². The highest BCUT2D eigenvalue weighted by Gasteiger charge is 2.24. The summed E-state index contributed by atoms with van der Waals surface area (Å²) in [5.41, 5.74) is 4.24. The molecule has 7 nitrogen and oxygen atoms in total. The van der Waals surface area contributed by atoms with Gasteiger partial charge in [-0.05, 0) is 25.8 Å². The summed E-state index contributed by atoms with van der Waals surface area (Å²) < 4.78 is 12.4. The first-order valence-corrected chi connectivity index (χ1v) is 9.23. The average Bonchev–Trinajstić information content (AvgIpc) is 3.07. The number of nitrogens with zero attached hydrogens (tertiary/aromatic N) is 4. The van der Waals surface area contributed by atoms with E-state index in [1.165, 1.54) is 0 Å². The van der Waals surface area contributed by atoms with Crippen LogP contribution in [0.5, 0.6) is 5.75 Å². The predicted octanol–water partition coefficient (Wildman–Crippen LogP) is 3.49. The van der Waals surface area contributed by atoms with Crippen molar-refractivity contribution in [2.45, 2.75) is 40.0 Å². The number of carbonyl (C=O) groups excluding carboxylic acids is 1. The van der Waals surface area contributed by atoms with Crippen LogP contribution in [0.3, 0.4) is 0 Å². The van der Waals surface area contributed by atoms with E-state index in [1.54, 1.807) is 18.5 Å². The molecule has 2 heterocycles. The van der Waals surface area contributed by atoms with E-state index in [-0.39, 0.29) is 12.3 Å². The molecule has 0 N–H and O–H groups in total. The molecule has 3 rings (SSSR count). The first-order chi connectivity index (χ1) is 13.2. The smallest absolute Gasteiger partial charge is 0.360 e. The molecule has 7 heteroatoms. The number of para-hydroxylation sites is 1. The Hall–Kier alpha value is -2.96. The van der Waals surface area contributed by atoms with E-state index in [1.807, 2.05) is 38.1 Å². The number of ether oxygens (including phenoxy) is 2. The number of esters is 1. The molecule has 0 amide bonds. The highest BCUT2D eigenvalue weighted by Crippen LogP contribution is 2.35. The second-order valence-electron chi connectivity index (χ2n) is 6.08. The maximum absolute atomic E-state index is 12.3. The molecule has 0 fully saturated rings. The first kappa shape index (κ1) is 18.8. The van der Waals surface area contributed by atoms with Crippen molar-refractivity contribution in [2.75, 3.05) is 13.7 Å². The number of fused-ring (bicyclic) bond motifs is 1. The lowest BCUT2D eigenvalue weighted by Gasteiger charge is -2.10. The SMILES string of the molecule is CCCc1c(C(=O)OCC)nnc2c(-c3ccccc3OC)c(CC)nn12. The lowest BCUT2D eigenvalue weighted by molar-refractivity contribution is 0.0515. The van der Waals surface area contributed by atoms with Crippen LogP contribution in [0.15, 0.2) is 24.3 Å². The van der Waals surface area contributed by atoms with Crippen molar-refractivity contribution >= 4 is 11.6 Å². The molecule has 0 bridgehead atoms. The third-order valence-electron chi connectivity index (χ3n) is 4.37. The third kappa shape index (κ3) is 3.37. The number of hydrogen-bond acceptors (Lipinski definition) is 6. The van der Waals surface area contributed by atoms with Crippen molar-refractivity contribution in [3.8, 4) is 16.9 Å². The zero-order valence-electron chi connectivity index (χ0n) is 16.2. The van der Waals surface area contributed by atoms with Gasteiger partial charge in [-0.15, -0.1) is 10.2 Å². The third-order valence-corrected chi connectivity index (χ3v) is 4.37. The van der Waals surface area contributed by atoms with Crippen LogP contribution in [0.2, 0.25) is 0 Å². The molecule has 0 spiro atoms. The topological polar surface area (TPSA) is 78.6 Å². The van der Waals surface area contributed by atoms with Crippen LogP contribution in [-0.4, -0.2) is 39.5 Å². The zero-order valence-corrected chi connectivity index (χ0v) is 16.2. The van der Waals surface area contributed by atoms with E-state index in [0.29, 0.717) is 12.1 Å². The number of hydrogen-bond donors (Lipinski definition) is 0. The van der Waals surface area contributed by atoms with Crippen LogP contribution in [0.4, 0.5) is 0 Å².